The van der Waals surface area contributed by atoms with Crippen LogP contribution >= 0.6 is 34.8 Å². The molecule has 8 heteroatoms. The number of nitro groups is 1. The Morgan fingerprint density at radius 3 is 2.53 bits per heavy atom. The van der Waals surface area contributed by atoms with Crippen LogP contribution < -0.4 is 0 Å². The third-order valence-corrected chi connectivity index (χ3v) is 2.56. The zero-order valence-corrected chi connectivity index (χ0v) is 11.1. The molecule has 0 amide bonds. The Labute approximate surface area is 112 Å². The van der Waals surface area contributed by atoms with Crippen molar-refractivity contribution in [1.29, 1.82) is 0 Å². The maximum Gasteiger partial charge on any atom is 0.287 e. The van der Waals surface area contributed by atoms with E-state index in [9.17, 15) is 14.9 Å². The Kier molecular flexibility index (Phi) is 4.41. The molecule has 1 aromatic heterocycles. The molecule has 5 nitrogen and oxygen atoms in total. The van der Waals surface area contributed by atoms with E-state index in [1.807, 2.05) is 6.92 Å². The number of rotatable bonds is 4. The summed E-state index contributed by atoms with van der Waals surface area (Å²) in [6.07, 6.45) is 1.96. The van der Waals surface area contributed by atoms with Gasteiger partial charge < -0.3 is 4.57 Å². The summed E-state index contributed by atoms with van der Waals surface area (Å²) < 4.78 is -0.694. The fourth-order valence-electron chi connectivity index (χ4n) is 1.36. The first-order valence-corrected chi connectivity index (χ1v) is 5.86. The lowest BCUT2D eigenvalue weighted by Gasteiger charge is -2.11. The summed E-state index contributed by atoms with van der Waals surface area (Å²) in [5.41, 5.74) is -0.172. The molecule has 0 spiro atoms. The van der Waals surface area contributed by atoms with Crippen molar-refractivity contribution < 1.29 is 9.72 Å². The highest BCUT2D eigenvalue weighted by atomic mass is 35.6. The number of aryl methyl sites for hydroxylation is 1. The second kappa shape index (κ2) is 5.25. The molecular weight excluding hydrogens is 290 g/mol. The summed E-state index contributed by atoms with van der Waals surface area (Å²) in [4.78, 5) is 21.8. The van der Waals surface area contributed by atoms with Gasteiger partial charge in [0.1, 0.15) is 0 Å². The third-order valence-electron chi connectivity index (χ3n) is 2.05. The number of nitrogens with zero attached hydrogens (tertiary/aromatic N) is 2. The molecule has 0 radical (unpaired) electrons. The number of hydrogen-bond donors (Lipinski definition) is 0. The van der Waals surface area contributed by atoms with Crippen LogP contribution in [0.1, 0.15) is 23.8 Å². The fourth-order valence-corrected chi connectivity index (χ4v) is 1.65. The van der Waals surface area contributed by atoms with E-state index < -0.39 is 14.5 Å². The minimum Gasteiger partial charge on any atom is -0.339 e. The lowest BCUT2D eigenvalue weighted by molar-refractivity contribution is -0.384. The van der Waals surface area contributed by atoms with Crippen molar-refractivity contribution in [2.24, 2.45) is 0 Å². The first kappa shape index (κ1) is 14.3. The van der Waals surface area contributed by atoms with E-state index in [4.69, 9.17) is 34.8 Å². The summed E-state index contributed by atoms with van der Waals surface area (Å²) in [6.45, 7) is 2.31. The smallest absolute Gasteiger partial charge is 0.287 e. The lowest BCUT2D eigenvalue weighted by Crippen LogP contribution is -2.22. The van der Waals surface area contributed by atoms with Gasteiger partial charge in [-0.3, -0.25) is 14.9 Å². The Morgan fingerprint density at radius 2 is 2.12 bits per heavy atom. The van der Waals surface area contributed by atoms with E-state index in [0.717, 1.165) is 6.07 Å². The van der Waals surface area contributed by atoms with E-state index in [1.54, 1.807) is 0 Å². The number of alkyl halides is 3. The second-order valence-electron chi connectivity index (χ2n) is 3.36. The summed E-state index contributed by atoms with van der Waals surface area (Å²) in [7, 11) is 0. The number of aromatic nitrogens is 1. The fraction of sp³-hybridized carbons (Fsp3) is 0.444. The Bertz CT molecular complexity index is 451. The first-order chi connectivity index (χ1) is 7.77. The lowest BCUT2D eigenvalue weighted by atomic mass is 10.3. The predicted octanol–water partition coefficient (Wildman–Crippen LogP) is 3.36. The molecule has 0 fully saturated rings. The molecule has 0 aliphatic carbocycles. The van der Waals surface area contributed by atoms with Crippen LogP contribution in [0.5, 0.6) is 0 Å². The van der Waals surface area contributed by atoms with E-state index >= 15 is 0 Å². The third kappa shape index (κ3) is 3.34. The van der Waals surface area contributed by atoms with Gasteiger partial charge in [0, 0.05) is 12.6 Å². The van der Waals surface area contributed by atoms with Gasteiger partial charge in [-0.2, -0.15) is 0 Å². The van der Waals surface area contributed by atoms with Crippen LogP contribution in [-0.4, -0.2) is 19.1 Å². The van der Waals surface area contributed by atoms with Crippen LogP contribution in [-0.2, 0) is 6.54 Å². The molecule has 94 valence electrons. The SMILES string of the molecule is CCCn1cc([N+](=O)[O-])cc1C(=O)C(Cl)(Cl)Cl. The number of halogens is 3. The molecule has 0 unspecified atom stereocenters. The van der Waals surface area contributed by atoms with Crippen molar-refractivity contribution in [3.63, 3.8) is 0 Å². The largest absolute Gasteiger partial charge is 0.339 e. The van der Waals surface area contributed by atoms with Crippen molar-refractivity contribution in [2.45, 2.75) is 23.7 Å². The molecule has 0 N–H and O–H groups in total. The van der Waals surface area contributed by atoms with Gasteiger partial charge in [0.05, 0.1) is 16.8 Å². The summed E-state index contributed by atoms with van der Waals surface area (Å²) >= 11 is 16.4. The Hall–Kier alpha value is -0.780. The highest BCUT2D eigenvalue weighted by Gasteiger charge is 2.35. The van der Waals surface area contributed by atoms with Crippen molar-refractivity contribution in [2.75, 3.05) is 0 Å². The quantitative estimate of drug-likeness (QED) is 0.370. The number of carbonyl (C=O) groups is 1. The summed E-state index contributed by atoms with van der Waals surface area (Å²) in [5.74, 6) is -0.774. The molecule has 1 rings (SSSR count). The first-order valence-electron chi connectivity index (χ1n) is 4.73. The molecule has 0 aliphatic rings. The standard InChI is InChI=1S/C9H9Cl3N2O3/c1-2-3-13-5-6(14(16)17)4-7(13)8(15)9(10,11)12/h4-5H,2-3H2,1H3. The molecule has 0 aromatic carbocycles. The van der Waals surface area contributed by atoms with Gasteiger partial charge in [-0.15, -0.1) is 0 Å². The van der Waals surface area contributed by atoms with Crippen molar-refractivity contribution >= 4 is 46.3 Å². The van der Waals surface area contributed by atoms with Gasteiger partial charge in [-0.05, 0) is 6.42 Å². The zero-order chi connectivity index (χ0) is 13.2. The Balaban J connectivity index is 3.21. The number of carbonyl (C=O) groups excluding carboxylic acids is 1. The van der Waals surface area contributed by atoms with Gasteiger partial charge >= 0.3 is 0 Å². The molecule has 0 bridgehead atoms. The molecule has 1 heterocycles. The van der Waals surface area contributed by atoms with Crippen molar-refractivity contribution in [3.05, 3.63) is 28.1 Å². The highest BCUT2D eigenvalue weighted by Crippen LogP contribution is 2.32. The molecule has 1 aromatic rings. The minimum atomic E-state index is -2.11. The maximum atomic E-state index is 11.8. The highest BCUT2D eigenvalue weighted by molar-refractivity contribution is 6.77. The number of Topliss-reactive ketones (excluding diaryl/α,β-unsaturated/α-hetero) is 1. The molecule has 17 heavy (non-hydrogen) atoms. The topological polar surface area (TPSA) is 65.1 Å². The second-order valence-corrected chi connectivity index (χ2v) is 5.64. The van der Waals surface area contributed by atoms with Crippen molar-refractivity contribution in [1.82, 2.24) is 4.57 Å². The van der Waals surface area contributed by atoms with Crippen LogP contribution in [0.25, 0.3) is 0 Å². The number of hydrogen-bond acceptors (Lipinski definition) is 3. The average molecular weight is 300 g/mol. The van der Waals surface area contributed by atoms with E-state index in [0.29, 0.717) is 13.0 Å². The number of ketones is 1. The minimum absolute atomic E-state index is 0.0264. The van der Waals surface area contributed by atoms with E-state index in [1.165, 1.54) is 10.8 Å². The van der Waals surface area contributed by atoms with Gasteiger partial charge in [0.25, 0.3) is 9.48 Å². The van der Waals surface area contributed by atoms with Gasteiger partial charge in [-0.25, -0.2) is 0 Å². The van der Waals surface area contributed by atoms with Crippen LogP contribution in [0.3, 0.4) is 0 Å². The van der Waals surface area contributed by atoms with E-state index in [-0.39, 0.29) is 11.4 Å². The average Bonchev–Trinajstić information content (AvgIpc) is 2.60. The van der Waals surface area contributed by atoms with Crippen LogP contribution in [0.15, 0.2) is 12.3 Å². The normalized spacial score (nSPS) is 11.5. The van der Waals surface area contributed by atoms with Crippen LogP contribution in [0.4, 0.5) is 5.69 Å². The van der Waals surface area contributed by atoms with Gasteiger partial charge in [0.15, 0.2) is 0 Å². The Morgan fingerprint density at radius 1 is 1.53 bits per heavy atom. The molecule has 0 atom stereocenters. The molecular formula is C9H9Cl3N2O3. The van der Waals surface area contributed by atoms with Crippen molar-refractivity contribution in [3.8, 4) is 0 Å². The zero-order valence-electron chi connectivity index (χ0n) is 8.82. The maximum absolute atomic E-state index is 11.8. The molecule has 0 saturated heterocycles. The van der Waals surface area contributed by atoms with Crippen LogP contribution in [0.2, 0.25) is 0 Å². The van der Waals surface area contributed by atoms with Gasteiger partial charge in [-0.1, -0.05) is 41.7 Å². The summed E-state index contributed by atoms with van der Waals surface area (Å²) in [5, 5.41) is 10.6. The predicted molar refractivity (Wildman–Crippen MR) is 66.0 cm³/mol. The summed E-state index contributed by atoms with van der Waals surface area (Å²) in [6, 6.07) is 1.11. The monoisotopic (exact) mass is 298 g/mol. The van der Waals surface area contributed by atoms with E-state index in [2.05, 4.69) is 0 Å². The molecule has 0 aliphatic heterocycles. The van der Waals surface area contributed by atoms with Gasteiger partial charge in [0.2, 0.25) is 5.78 Å². The molecule has 0 saturated carbocycles. The van der Waals surface area contributed by atoms with Crippen LogP contribution in [0, 0.1) is 10.1 Å².